The molecule has 1 fully saturated rings. The zero-order valence-electron chi connectivity index (χ0n) is 12.1. The predicted octanol–water partition coefficient (Wildman–Crippen LogP) is 2.90. The van der Waals surface area contributed by atoms with Gasteiger partial charge < -0.3 is 9.64 Å². The monoisotopic (exact) mass is 271 g/mol. The van der Waals surface area contributed by atoms with Crippen molar-refractivity contribution in [3.8, 4) is 0 Å². The summed E-state index contributed by atoms with van der Waals surface area (Å²) in [5.74, 6) is 0.0977. The minimum atomic E-state index is 0.0977. The molecule has 3 heteroatoms. The van der Waals surface area contributed by atoms with Gasteiger partial charge in [0.1, 0.15) is 0 Å². The van der Waals surface area contributed by atoms with Gasteiger partial charge in [-0.25, -0.2) is 0 Å². The Morgan fingerprint density at radius 3 is 2.40 bits per heavy atom. The summed E-state index contributed by atoms with van der Waals surface area (Å²) in [6.07, 6.45) is 3.91. The molecule has 1 aromatic carbocycles. The van der Waals surface area contributed by atoms with Gasteiger partial charge in [0, 0.05) is 18.7 Å². The molecule has 20 heavy (non-hydrogen) atoms. The smallest absolute Gasteiger partial charge is 0.253 e. The van der Waals surface area contributed by atoms with Gasteiger partial charge >= 0.3 is 0 Å². The number of morpholine rings is 1. The first-order chi connectivity index (χ1) is 9.68. The summed E-state index contributed by atoms with van der Waals surface area (Å²) in [5.41, 5.74) is 2.91. The van der Waals surface area contributed by atoms with Crippen LogP contribution in [0.2, 0.25) is 0 Å². The molecule has 1 aliphatic heterocycles. The lowest BCUT2D eigenvalue weighted by atomic mass is 10.1. The number of hydrogen-bond donors (Lipinski definition) is 0. The quantitative estimate of drug-likeness (QED) is 0.625. The number of carbonyl (C=O) groups excluding carboxylic acids is 1. The molecule has 106 valence electrons. The zero-order chi connectivity index (χ0) is 14.4. The molecule has 1 amide bonds. The topological polar surface area (TPSA) is 29.5 Å². The highest BCUT2D eigenvalue weighted by molar-refractivity contribution is 5.98. The van der Waals surface area contributed by atoms with Crippen molar-refractivity contribution in [1.29, 1.82) is 0 Å². The summed E-state index contributed by atoms with van der Waals surface area (Å²) >= 11 is 0. The fourth-order valence-corrected chi connectivity index (χ4v) is 2.13. The molecule has 1 heterocycles. The highest BCUT2D eigenvalue weighted by Crippen LogP contribution is 2.13. The van der Waals surface area contributed by atoms with E-state index in [1.807, 2.05) is 61.2 Å². The van der Waals surface area contributed by atoms with Gasteiger partial charge in [-0.3, -0.25) is 4.79 Å². The molecule has 0 radical (unpaired) electrons. The van der Waals surface area contributed by atoms with E-state index in [9.17, 15) is 4.79 Å². The van der Waals surface area contributed by atoms with Crippen LogP contribution in [0.5, 0.6) is 0 Å². The number of hydrogen-bond acceptors (Lipinski definition) is 2. The van der Waals surface area contributed by atoms with Crippen LogP contribution in [0.3, 0.4) is 0 Å². The molecule has 0 saturated carbocycles. The molecular formula is C17H21NO2. The standard InChI is InChI=1S/C17H21NO2/c1-14(2)16(9-8-15-6-4-3-5-7-15)17(19)18-10-12-20-13-11-18/h3-9H,10-13H2,1-2H3/b9-8+. The summed E-state index contributed by atoms with van der Waals surface area (Å²) in [4.78, 5) is 14.4. The Morgan fingerprint density at radius 1 is 1.15 bits per heavy atom. The average Bonchev–Trinajstić information content (AvgIpc) is 2.49. The van der Waals surface area contributed by atoms with Crippen LogP contribution in [-0.4, -0.2) is 37.1 Å². The Bertz CT molecular complexity index is 507. The molecule has 0 aromatic heterocycles. The summed E-state index contributed by atoms with van der Waals surface area (Å²) < 4.78 is 5.29. The molecule has 1 saturated heterocycles. The van der Waals surface area contributed by atoms with Crippen LogP contribution < -0.4 is 0 Å². The second-order valence-corrected chi connectivity index (χ2v) is 5.06. The fraction of sp³-hybridized carbons (Fsp3) is 0.353. The summed E-state index contributed by atoms with van der Waals surface area (Å²) in [7, 11) is 0. The normalized spacial score (nSPS) is 15.4. The molecule has 0 atom stereocenters. The SMILES string of the molecule is CC(C)=C(/C=C/c1ccccc1)C(=O)N1CCOCC1. The van der Waals surface area contributed by atoms with E-state index < -0.39 is 0 Å². The third kappa shape index (κ3) is 3.81. The number of rotatable bonds is 3. The predicted molar refractivity (Wildman–Crippen MR) is 81.2 cm³/mol. The first-order valence-electron chi connectivity index (χ1n) is 6.96. The van der Waals surface area contributed by atoms with E-state index >= 15 is 0 Å². The third-order valence-electron chi connectivity index (χ3n) is 3.31. The molecule has 0 aliphatic carbocycles. The van der Waals surface area contributed by atoms with Crippen LogP contribution in [0, 0.1) is 0 Å². The molecule has 2 rings (SSSR count). The van der Waals surface area contributed by atoms with E-state index in [2.05, 4.69) is 0 Å². The van der Waals surface area contributed by atoms with Gasteiger partial charge in [-0.15, -0.1) is 0 Å². The molecule has 0 unspecified atom stereocenters. The van der Waals surface area contributed by atoms with Gasteiger partial charge in [0.05, 0.1) is 13.2 Å². The lowest BCUT2D eigenvalue weighted by Gasteiger charge is -2.27. The maximum absolute atomic E-state index is 12.5. The molecule has 0 N–H and O–H groups in total. The van der Waals surface area contributed by atoms with Crippen molar-refractivity contribution in [2.24, 2.45) is 0 Å². The van der Waals surface area contributed by atoms with Crippen molar-refractivity contribution >= 4 is 12.0 Å². The maximum atomic E-state index is 12.5. The molecular weight excluding hydrogens is 250 g/mol. The Kier molecular flexibility index (Phi) is 5.13. The van der Waals surface area contributed by atoms with Crippen molar-refractivity contribution in [2.75, 3.05) is 26.3 Å². The number of nitrogens with zero attached hydrogens (tertiary/aromatic N) is 1. The van der Waals surface area contributed by atoms with E-state index in [1.165, 1.54) is 0 Å². The first-order valence-corrected chi connectivity index (χ1v) is 6.96. The Balaban J connectivity index is 2.14. The fourth-order valence-electron chi connectivity index (χ4n) is 2.13. The zero-order valence-corrected chi connectivity index (χ0v) is 12.1. The number of carbonyl (C=O) groups is 1. The van der Waals surface area contributed by atoms with E-state index in [-0.39, 0.29) is 5.91 Å². The van der Waals surface area contributed by atoms with Gasteiger partial charge in [-0.05, 0) is 25.5 Å². The minimum Gasteiger partial charge on any atom is -0.378 e. The summed E-state index contributed by atoms with van der Waals surface area (Å²) in [6.45, 7) is 6.56. The van der Waals surface area contributed by atoms with Crippen LogP contribution >= 0.6 is 0 Å². The van der Waals surface area contributed by atoms with Crippen molar-refractivity contribution in [3.05, 3.63) is 53.1 Å². The van der Waals surface area contributed by atoms with E-state index in [1.54, 1.807) is 0 Å². The Labute approximate surface area is 120 Å². The number of benzene rings is 1. The second kappa shape index (κ2) is 7.06. The number of amides is 1. The summed E-state index contributed by atoms with van der Waals surface area (Å²) in [5, 5.41) is 0. The third-order valence-corrected chi connectivity index (χ3v) is 3.31. The molecule has 1 aliphatic rings. The van der Waals surface area contributed by atoms with Crippen LogP contribution in [0.4, 0.5) is 0 Å². The van der Waals surface area contributed by atoms with E-state index in [0.717, 1.165) is 16.7 Å². The molecule has 1 aromatic rings. The number of ether oxygens (including phenoxy) is 1. The Hall–Kier alpha value is -1.87. The van der Waals surface area contributed by atoms with Crippen molar-refractivity contribution in [3.63, 3.8) is 0 Å². The van der Waals surface area contributed by atoms with Gasteiger partial charge in [0.2, 0.25) is 0 Å². The average molecular weight is 271 g/mol. The van der Waals surface area contributed by atoms with Gasteiger partial charge in [-0.2, -0.15) is 0 Å². The maximum Gasteiger partial charge on any atom is 0.253 e. The van der Waals surface area contributed by atoms with Crippen LogP contribution in [-0.2, 0) is 9.53 Å². The van der Waals surface area contributed by atoms with Crippen LogP contribution in [0.25, 0.3) is 6.08 Å². The van der Waals surface area contributed by atoms with Gasteiger partial charge in [0.25, 0.3) is 5.91 Å². The molecule has 3 nitrogen and oxygen atoms in total. The highest BCUT2D eigenvalue weighted by Gasteiger charge is 2.19. The Morgan fingerprint density at radius 2 is 1.80 bits per heavy atom. The van der Waals surface area contributed by atoms with Crippen LogP contribution in [0.1, 0.15) is 19.4 Å². The van der Waals surface area contributed by atoms with Crippen molar-refractivity contribution in [1.82, 2.24) is 4.90 Å². The highest BCUT2D eigenvalue weighted by atomic mass is 16.5. The van der Waals surface area contributed by atoms with E-state index in [4.69, 9.17) is 4.74 Å². The first kappa shape index (κ1) is 14.5. The van der Waals surface area contributed by atoms with Crippen LogP contribution in [0.15, 0.2) is 47.6 Å². The van der Waals surface area contributed by atoms with Gasteiger partial charge in [0.15, 0.2) is 0 Å². The molecule has 0 spiro atoms. The minimum absolute atomic E-state index is 0.0977. The number of allylic oxidation sites excluding steroid dienone is 1. The lowest BCUT2D eigenvalue weighted by molar-refractivity contribution is -0.130. The molecule has 0 bridgehead atoms. The van der Waals surface area contributed by atoms with Crippen molar-refractivity contribution in [2.45, 2.75) is 13.8 Å². The summed E-state index contributed by atoms with van der Waals surface area (Å²) in [6, 6.07) is 10.0. The van der Waals surface area contributed by atoms with E-state index in [0.29, 0.717) is 26.3 Å². The van der Waals surface area contributed by atoms with Gasteiger partial charge in [-0.1, -0.05) is 42.0 Å². The largest absolute Gasteiger partial charge is 0.378 e. The second-order valence-electron chi connectivity index (χ2n) is 5.06. The lowest BCUT2D eigenvalue weighted by Crippen LogP contribution is -2.41. The van der Waals surface area contributed by atoms with Crippen molar-refractivity contribution < 1.29 is 9.53 Å².